The quantitative estimate of drug-likeness (QED) is 0.502. The van der Waals surface area contributed by atoms with Gasteiger partial charge in [-0.25, -0.2) is 9.79 Å². The van der Waals surface area contributed by atoms with Crippen LogP contribution in [0.15, 0.2) is 45.5 Å². The first kappa shape index (κ1) is 16.6. The Bertz CT molecular complexity index is 910. The van der Waals surface area contributed by atoms with Crippen LogP contribution in [0.3, 0.4) is 0 Å². The molecule has 2 N–H and O–H groups in total. The van der Waals surface area contributed by atoms with Gasteiger partial charge in [0.1, 0.15) is 5.71 Å². The number of aromatic nitrogens is 2. The van der Waals surface area contributed by atoms with Crippen LogP contribution in [-0.2, 0) is 18.3 Å². The van der Waals surface area contributed by atoms with Gasteiger partial charge < -0.3 is 10.3 Å². The topological polar surface area (TPSA) is 112 Å². The SMILES string of the molecule is CCc1nn(C)c2c1C(c1ccccc1)=NCC(C(=NO)C(=O)O)=N2. The fourth-order valence-electron chi connectivity index (χ4n) is 2.77. The molecule has 0 bridgehead atoms. The maximum atomic E-state index is 11.3. The van der Waals surface area contributed by atoms with Crippen molar-refractivity contribution in [1.82, 2.24) is 9.78 Å². The second-order valence-electron chi connectivity index (χ2n) is 5.47. The Morgan fingerprint density at radius 3 is 2.64 bits per heavy atom. The van der Waals surface area contributed by atoms with Crippen LogP contribution in [0.1, 0.15) is 23.7 Å². The number of benzene rings is 1. The molecule has 0 radical (unpaired) electrons. The summed E-state index contributed by atoms with van der Waals surface area (Å²) in [6, 6.07) is 9.58. The minimum absolute atomic E-state index is 0.00620. The fourth-order valence-corrected chi connectivity index (χ4v) is 2.77. The van der Waals surface area contributed by atoms with Crippen LogP contribution in [0, 0.1) is 0 Å². The molecular weight excluding hydrogens is 322 g/mol. The van der Waals surface area contributed by atoms with E-state index < -0.39 is 11.7 Å². The average Bonchev–Trinajstić information content (AvgIpc) is 2.80. The molecule has 128 valence electrons. The molecule has 3 rings (SSSR count). The van der Waals surface area contributed by atoms with Crippen molar-refractivity contribution in [2.24, 2.45) is 22.2 Å². The maximum Gasteiger partial charge on any atom is 0.359 e. The first-order valence-electron chi connectivity index (χ1n) is 7.76. The van der Waals surface area contributed by atoms with E-state index in [0.29, 0.717) is 18.0 Å². The molecule has 0 spiro atoms. The molecule has 1 aromatic heterocycles. The Morgan fingerprint density at radius 1 is 1.32 bits per heavy atom. The van der Waals surface area contributed by atoms with Crippen LogP contribution >= 0.6 is 0 Å². The number of fused-ring (bicyclic) bond motifs is 1. The lowest BCUT2D eigenvalue weighted by atomic mass is 10.0. The summed E-state index contributed by atoms with van der Waals surface area (Å²) in [6.07, 6.45) is 0.680. The lowest BCUT2D eigenvalue weighted by Crippen LogP contribution is -2.26. The number of aliphatic carboxylic acids is 1. The van der Waals surface area contributed by atoms with Gasteiger partial charge in [0, 0.05) is 12.6 Å². The van der Waals surface area contributed by atoms with Gasteiger partial charge in [0.05, 0.1) is 23.5 Å². The van der Waals surface area contributed by atoms with E-state index in [2.05, 4.69) is 20.2 Å². The predicted molar refractivity (Wildman–Crippen MR) is 93.5 cm³/mol. The number of aryl methyl sites for hydroxylation is 2. The summed E-state index contributed by atoms with van der Waals surface area (Å²) in [5, 5.41) is 25.6. The smallest absolute Gasteiger partial charge is 0.359 e. The van der Waals surface area contributed by atoms with Crippen molar-refractivity contribution in [1.29, 1.82) is 0 Å². The third-order valence-corrected chi connectivity index (χ3v) is 3.91. The van der Waals surface area contributed by atoms with Crippen LogP contribution in [0.25, 0.3) is 0 Å². The van der Waals surface area contributed by atoms with Gasteiger partial charge in [-0.2, -0.15) is 5.10 Å². The zero-order valence-electron chi connectivity index (χ0n) is 13.8. The lowest BCUT2D eigenvalue weighted by Gasteiger charge is -2.06. The van der Waals surface area contributed by atoms with Crippen LogP contribution in [0.5, 0.6) is 0 Å². The monoisotopic (exact) mass is 339 g/mol. The number of rotatable bonds is 4. The Labute approximate surface area is 143 Å². The maximum absolute atomic E-state index is 11.3. The van der Waals surface area contributed by atoms with E-state index in [1.807, 2.05) is 37.3 Å². The van der Waals surface area contributed by atoms with Gasteiger partial charge >= 0.3 is 5.97 Å². The first-order chi connectivity index (χ1) is 12.1. The molecule has 1 aliphatic rings. The van der Waals surface area contributed by atoms with Crippen molar-refractivity contribution in [3.63, 3.8) is 0 Å². The molecule has 0 amide bonds. The molecule has 0 saturated carbocycles. The number of carboxylic acid groups (broad SMARTS) is 1. The molecule has 8 nitrogen and oxygen atoms in total. The van der Waals surface area contributed by atoms with Crippen molar-refractivity contribution in [2.45, 2.75) is 13.3 Å². The molecular formula is C17H17N5O3. The van der Waals surface area contributed by atoms with Crippen LogP contribution in [0.4, 0.5) is 5.82 Å². The van der Waals surface area contributed by atoms with E-state index >= 15 is 0 Å². The average molecular weight is 339 g/mol. The highest BCUT2D eigenvalue weighted by Crippen LogP contribution is 2.28. The summed E-state index contributed by atoms with van der Waals surface area (Å²) in [4.78, 5) is 20.3. The normalized spacial score (nSPS) is 14.4. The van der Waals surface area contributed by atoms with E-state index in [1.165, 1.54) is 0 Å². The molecule has 2 aromatic rings. The largest absolute Gasteiger partial charge is 0.476 e. The van der Waals surface area contributed by atoms with Gasteiger partial charge in [-0.3, -0.25) is 9.67 Å². The number of oxime groups is 1. The van der Waals surface area contributed by atoms with Crippen LogP contribution in [0.2, 0.25) is 0 Å². The molecule has 2 heterocycles. The van der Waals surface area contributed by atoms with Gasteiger partial charge in [-0.05, 0) is 6.42 Å². The Hall–Kier alpha value is -3.29. The second-order valence-corrected chi connectivity index (χ2v) is 5.47. The van der Waals surface area contributed by atoms with Gasteiger partial charge in [-0.15, -0.1) is 0 Å². The summed E-state index contributed by atoms with van der Waals surface area (Å²) in [7, 11) is 1.74. The van der Waals surface area contributed by atoms with Gasteiger partial charge in [0.2, 0.25) is 5.71 Å². The highest BCUT2D eigenvalue weighted by atomic mass is 16.4. The predicted octanol–water partition coefficient (Wildman–Crippen LogP) is 1.82. The minimum atomic E-state index is -1.36. The second kappa shape index (κ2) is 6.68. The number of carbonyl (C=O) groups is 1. The van der Waals surface area contributed by atoms with Crippen molar-refractivity contribution >= 4 is 28.9 Å². The number of aliphatic imine (C=N–C) groups is 2. The van der Waals surface area contributed by atoms with Gasteiger partial charge in [0.25, 0.3) is 0 Å². The van der Waals surface area contributed by atoms with Crippen molar-refractivity contribution in [3.8, 4) is 0 Å². The van der Waals surface area contributed by atoms with Crippen LogP contribution < -0.4 is 0 Å². The fraction of sp³-hybridized carbons (Fsp3) is 0.235. The van der Waals surface area contributed by atoms with E-state index in [0.717, 1.165) is 16.8 Å². The number of hydrogen-bond acceptors (Lipinski definition) is 6. The van der Waals surface area contributed by atoms with Gasteiger partial charge in [0.15, 0.2) is 5.82 Å². The van der Waals surface area contributed by atoms with Crippen molar-refractivity contribution < 1.29 is 15.1 Å². The third kappa shape index (κ3) is 2.93. The van der Waals surface area contributed by atoms with Crippen LogP contribution in [-0.4, -0.2) is 49.7 Å². The van der Waals surface area contributed by atoms with Crippen molar-refractivity contribution in [2.75, 3.05) is 6.54 Å². The molecule has 0 fully saturated rings. The molecule has 1 aromatic carbocycles. The lowest BCUT2D eigenvalue weighted by molar-refractivity contribution is -0.129. The molecule has 8 heteroatoms. The summed E-state index contributed by atoms with van der Waals surface area (Å²) in [6.45, 7) is 1.98. The summed E-state index contributed by atoms with van der Waals surface area (Å²) >= 11 is 0. The van der Waals surface area contributed by atoms with E-state index in [4.69, 9.17) is 5.21 Å². The van der Waals surface area contributed by atoms with E-state index in [-0.39, 0.29) is 12.3 Å². The molecule has 25 heavy (non-hydrogen) atoms. The Morgan fingerprint density at radius 2 is 2.04 bits per heavy atom. The first-order valence-corrected chi connectivity index (χ1v) is 7.76. The summed E-state index contributed by atoms with van der Waals surface area (Å²) in [5.41, 5.74) is 2.73. The Kier molecular flexibility index (Phi) is 4.42. The highest BCUT2D eigenvalue weighted by molar-refractivity contribution is 6.66. The van der Waals surface area contributed by atoms with E-state index in [9.17, 15) is 9.90 Å². The van der Waals surface area contributed by atoms with Crippen molar-refractivity contribution in [3.05, 3.63) is 47.2 Å². The summed E-state index contributed by atoms with van der Waals surface area (Å²) < 4.78 is 1.59. The standard InChI is InChI=1S/C17H17N5O3/c1-3-11-13-14(10-7-5-4-6-8-10)18-9-12(15(21-25)17(23)24)19-16(13)22(2)20-11/h4-8,25H,3,9H2,1-2H3,(H,23,24). The molecule has 0 aliphatic carbocycles. The summed E-state index contributed by atoms with van der Waals surface area (Å²) in [5.74, 6) is -0.867. The molecule has 0 saturated heterocycles. The zero-order valence-corrected chi connectivity index (χ0v) is 13.8. The molecule has 0 unspecified atom stereocenters. The molecule has 1 aliphatic heterocycles. The number of hydrogen-bond donors (Lipinski definition) is 2. The Balaban J connectivity index is 2.25. The number of nitrogens with zero attached hydrogens (tertiary/aromatic N) is 5. The van der Waals surface area contributed by atoms with Gasteiger partial charge in [-0.1, -0.05) is 42.4 Å². The number of carboxylic acids is 1. The zero-order chi connectivity index (χ0) is 18.0. The van der Waals surface area contributed by atoms with E-state index in [1.54, 1.807) is 11.7 Å². The third-order valence-electron chi connectivity index (χ3n) is 3.91. The minimum Gasteiger partial charge on any atom is -0.476 e. The molecule has 0 atom stereocenters. The highest BCUT2D eigenvalue weighted by Gasteiger charge is 2.27.